The van der Waals surface area contributed by atoms with Crippen molar-refractivity contribution in [2.24, 2.45) is 0 Å². The van der Waals surface area contributed by atoms with Crippen LogP contribution in [-0.4, -0.2) is 44.8 Å². The highest BCUT2D eigenvalue weighted by molar-refractivity contribution is 7.94. The lowest BCUT2D eigenvalue weighted by Crippen LogP contribution is -2.36. The van der Waals surface area contributed by atoms with Crippen LogP contribution >= 0.6 is 0 Å². The smallest absolute Gasteiger partial charge is 0.247 e. The standard InChI is InChI=1S/C14H16N2O4S/c17-13-11-16(9-4-8-15-13)14(18)7-10-21(19,20)12-5-2-1-3-6-12/h1-3,5-7,10H,4,8-9,11H2,(H,15,17). The first-order chi connectivity index (χ1) is 9.99. The van der Waals surface area contributed by atoms with Crippen molar-refractivity contribution in [2.75, 3.05) is 19.6 Å². The maximum atomic E-state index is 12.0. The molecule has 0 spiro atoms. The summed E-state index contributed by atoms with van der Waals surface area (Å²) in [5.41, 5.74) is 0. The van der Waals surface area contributed by atoms with Gasteiger partial charge in [0.05, 0.1) is 11.4 Å². The van der Waals surface area contributed by atoms with Crippen molar-refractivity contribution in [1.29, 1.82) is 0 Å². The van der Waals surface area contributed by atoms with Crippen LogP contribution in [0.2, 0.25) is 0 Å². The van der Waals surface area contributed by atoms with Crippen LogP contribution in [0, 0.1) is 0 Å². The second-order valence-electron chi connectivity index (χ2n) is 4.62. The van der Waals surface area contributed by atoms with Crippen LogP contribution in [0.1, 0.15) is 6.42 Å². The number of nitrogens with zero attached hydrogens (tertiary/aromatic N) is 1. The van der Waals surface area contributed by atoms with Gasteiger partial charge in [-0.25, -0.2) is 8.42 Å². The first-order valence-electron chi connectivity index (χ1n) is 6.53. The van der Waals surface area contributed by atoms with Crippen molar-refractivity contribution in [1.82, 2.24) is 10.2 Å². The average molecular weight is 308 g/mol. The van der Waals surface area contributed by atoms with E-state index in [9.17, 15) is 18.0 Å². The van der Waals surface area contributed by atoms with Gasteiger partial charge in [0.25, 0.3) is 0 Å². The fourth-order valence-electron chi connectivity index (χ4n) is 1.94. The molecule has 0 aliphatic carbocycles. The molecule has 1 aromatic rings. The zero-order valence-electron chi connectivity index (χ0n) is 11.4. The molecule has 1 heterocycles. The molecule has 1 aliphatic heterocycles. The molecular weight excluding hydrogens is 292 g/mol. The Balaban J connectivity index is 2.09. The molecule has 0 bridgehead atoms. The Morgan fingerprint density at radius 3 is 2.67 bits per heavy atom. The van der Waals surface area contributed by atoms with Gasteiger partial charge in [-0.05, 0) is 18.6 Å². The monoisotopic (exact) mass is 308 g/mol. The highest BCUT2D eigenvalue weighted by Crippen LogP contribution is 2.11. The summed E-state index contributed by atoms with van der Waals surface area (Å²) in [5.74, 6) is -0.716. The normalized spacial score (nSPS) is 16.6. The predicted octanol–water partition coefficient (Wildman–Crippen LogP) is 0.323. The SMILES string of the molecule is O=C1CN(C(=O)C=CS(=O)(=O)c2ccccc2)CCCN1. The number of sulfone groups is 1. The number of carbonyl (C=O) groups excluding carboxylic acids is 2. The van der Waals surface area contributed by atoms with Crippen molar-refractivity contribution < 1.29 is 18.0 Å². The molecule has 7 heteroatoms. The van der Waals surface area contributed by atoms with Crippen LogP contribution in [0.5, 0.6) is 0 Å². The molecule has 0 radical (unpaired) electrons. The summed E-state index contributed by atoms with van der Waals surface area (Å²) in [5, 5.41) is 3.53. The molecule has 1 fully saturated rings. The zero-order chi connectivity index (χ0) is 15.3. The van der Waals surface area contributed by atoms with Crippen molar-refractivity contribution in [3.05, 3.63) is 41.8 Å². The Bertz CT molecular complexity index is 653. The minimum atomic E-state index is -3.65. The van der Waals surface area contributed by atoms with Gasteiger partial charge in [-0.2, -0.15) is 0 Å². The number of nitrogens with one attached hydrogen (secondary N) is 1. The summed E-state index contributed by atoms with van der Waals surface area (Å²) in [6.45, 7) is 0.899. The van der Waals surface area contributed by atoms with Crippen LogP contribution in [0.4, 0.5) is 0 Å². The van der Waals surface area contributed by atoms with E-state index in [4.69, 9.17) is 0 Å². The highest BCUT2D eigenvalue weighted by Gasteiger charge is 2.18. The summed E-state index contributed by atoms with van der Waals surface area (Å²) >= 11 is 0. The lowest BCUT2D eigenvalue weighted by atomic mass is 10.4. The number of carbonyl (C=O) groups is 2. The molecule has 1 N–H and O–H groups in total. The Morgan fingerprint density at radius 2 is 1.95 bits per heavy atom. The average Bonchev–Trinajstić information content (AvgIpc) is 2.70. The molecule has 0 unspecified atom stereocenters. The third kappa shape index (κ3) is 4.16. The van der Waals surface area contributed by atoms with Crippen molar-refractivity contribution in [2.45, 2.75) is 11.3 Å². The van der Waals surface area contributed by atoms with Crippen LogP contribution < -0.4 is 5.32 Å². The van der Waals surface area contributed by atoms with E-state index in [1.807, 2.05) is 0 Å². The van der Waals surface area contributed by atoms with Gasteiger partial charge >= 0.3 is 0 Å². The Hall–Kier alpha value is -2.15. The molecule has 0 atom stereocenters. The van der Waals surface area contributed by atoms with Crippen LogP contribution in [0.3, 0.4) is 0 Å². The predicted molar refractivity (Wildman–Crippen MR) is 77.0 cm³/mol. The molecule has 2 rings (SSSR count). The minimum absolute atomic E-state index is 0.0471. The van der Waals surface area contributed by atoms with Crippen molar-refractivity contribution in [3.63, 3.8) is 0 Å². The van der Waals surface area contributed by atoms with Crippen LogP contribution in [0.15, 0.2) is 46.7 Å². The molecule has 6 nitrogen and oxygen atoms in total. The quantitative estimate of drug-likeness (QED) is 0.815. The summed E-state index contributed by atoms with van der Waals surface area (Å²) in [4.78, 5) is 24.8. The minimum Gasteiger partial charge on any atom is -0.354 e. The van der Waals surface area contributed by atoms with Gasteiger partial charge in [0, 0.05) is 24.6 Å². The Morgan fingerprint density at radius 1 is 1.24 bits per heavy atom. The van der Waals surface area contributed by atoms with Crippen molar-refractivity contribution >= 4 is 21.7 Å². The van der Waals surface area contributed by atoms with Crippen LogP contribution in [0.25, 0.3) is 0 Å². The lowest BCUT2D eigenvalue weighted by molar-refractivity contribution is -0.131. The fourth-order valence-corrected chi connectivity index (χ4v) is 2.93. The molecule has 2 amide bonds. The van der Waals surface area contributed by atoms with E-state index in [1.165, 1.54) is 17.0 Å². The Labute approximate surface area is 123 Å². The molecule has 0 aromatic heterocycles. The maximum absolute atomic E-state index is 12.0. The summed E-state index contributed by atoms with van der Waals surface area (Å²) in [6.07, 6.45) is 1.65. The number of amides is 2. The molecule has 1 aromatic carbocycles. The van der Waals surface area contributed by atoms with Crippen molar-refractivity contribution in [3.8, 4) is 0 Å². The van der Waals surface area contributed by atoms with E-state index in [0.29, 0.717) is 19.5 Å². The van der Waals surface area contributed by atoms with E-state index >= 15 is 0 Å². The largest absolute Gasteiger partial charge is 0.354 e. The summed E-state index contributed by atoms with van der Waals surface area (Å²) in [6, 6.07) is 7.86. The van der Waals surface area contributed by atoms with E-state index in [2.05, 4.69) is 5.32 Å². The maximum Gasteiger partial charge on any atom is 0.247 e. The third-order valence-corrected chi connectivity index (χ3v) is 4.46. The van der Waals surface area contributed by atoms with E-state index in [-0.39, 0.29) is 17.3 Å². The van der Waals surface area contributed by atoms with Gasteiger partial charge in [0.1, 0.15) is 0 Å². The number of hydrogen-bond acceptors (Lipinski definition) is 4. The van der Waals surface area contributed by atoms with Gasteiger partial charge in [0.2, 0.25) is 11.8 Å². The number of rotatable bonds is 3. The lowest BCUT2D eigenvalue weighted by Gasteiger charge is -2.16. The van der Waals surface area contributed by atoms with Gasteiger partial charge in [-0.3, -0.25) is 9.59 Å². The first-order valence-corrected chi connectivity index (χ1v) is 8.07. The topological polar surface area (TPSA) is 83.6 Å². The molecule has 1 aliphatic rings. The molecular formula is C14H16N2O4S. The first kappa shape index (κ1) is 15.2. The summed E-state index contributed by atoms with van der Waals surface area (Å²) < 4.78 is 24.0. The van der Waals surface area contributed by atoms with E-state index in [1.54, 1.807) is 18.2 Å². The molecule has 1 saturated heterocycles. The zero-order valence-corrected chi connectivity index (χ0v) is 12.2. The number of benzene rings is 1. The molecule has 0 saturated carbocycles. The van der Waals surface area contributed by atoms with Gasteiger partial charge < -0.3 is 10.2 Å². The van der Waals surface area contributed by atoms with Gasteiger partial charge in [-0.1, -0.05) is 18.2 Å². The second kappa shape index (κ2) is 6.53. The highest BCUT2D eigenvalue weighted by atomic mass is 32.2. The summed E-state index contributed by atoms with van der Waals surface area (Å²) in [7, 11) is -3.65. The second-order valence-corrected chi connectivity index (χ2v) is 6.46. The van der Waals surface area contributed by atoms with Gasteiger partial charge in [-0.15, -0.1) is 0 Å². The molecule has 112 valence electrons. The van der Waals surface area contributed by atoms with Gasteiger partial charge in [0.15, 0.2) is 9.84 Å². The van der Waals surface area contributed by atoms with E-state index < -0.39 is 15.7 Å². The third-order valence-electron chi connectivity index (χ3n) is 3.03. The van der Waals surface area contributed by atoms with E-state index in [0.717, 1.165) is 11.5 Å². The fraction of sp³-hybridized carbons (Fsp3) is 0.286. The number of hydrogen-bond donors (Lipinski definition) is 1. The molecule has 21 heavy (non-hydrogen) atoms. The Kier molecular flexibility index (Phi) is 4.74. The van der Waals surface area contributed by atoms with Crippen LogP contribution in [-0.2, 0) is 19.4 Å².